The third-order valence-corrected chi connectivity index (χ3v) is 4.99. The highest BCUT2D eigenvalue weighted by atomic mass is 79.9. The number of nitrogens with zero attached hydrogens (tertiary/aromatic N) is 3. The summed E-state index contributed by atoms with van der Waals surface area (Å²) >= 11 is 4.72. The van der Waals surface area contributed by atoms with Crippen LogP contribution in [-0.4, -0.2) is 20.7 Å². The molecule has 2 aromatic heterocycles. The number of carbonyl (C=O) groups excluding carboxylic acids is 1. The van der Waals surface area contributed by atoms with E-state index in [9.17, 15) is 14.0 Å². The van der Waals surface area contributed by atoms with Gasteiger partial charge in [-0.15, -0.1) is 11.3 Å². The monoisotopic (exact) mass is 422 g/mol. The molecule has 1 amide bonds. The van der Waals surface area contributed by atoms with Gasteiger partial charge in [-0.2, -0.15) is 9.78 Å². The average Bonchev–Trinajstić information content (AvgIpc) is 3.02. The largest absolute Gasteiger partial charge is 0.342 e. The van der Waals surface area contributed by atoms with Crippen LogP contribution in [0.25, 0.3) is 5.69 Å². The zero-order valence-corrected chi connectivity index (χ0v) is 15.3. The van der Waals surface area contributed by atoms with E-state index in [1.165, 1.54) is 41.7 Å². The van der Waals surface area contributed by atoms with E-state index < -0.39 is 17.3 Å². The Kier molecular flexibility index (Phi) is 5.05. The Morgan fingerprint density at radius 2 is 2.08 bits per heavy atom. The van der Waals surface area contributed by atoms with E-state index in [0.717, 1.165) is 13.5 Å². The second-order valence-electron chi connectivity index (χ2n) is 5.12. The Balaban J connectivity index is 1.88. The first-order valence-corrected chi connectivity index (χ1v) is 8.84. The minimum absolute atomic E-state index is 0.00493. The van der Waals surface area contributed by atoms with E-state index in [2.05, 4.69) is 31.3 Å². The summed E-state index contributed by atoms with van der Waals surface area (Å²) < 4.78 is 15.6. The van der Waals surface area contributed by atoms with Crippen molar-refractivity contribution in [3.05, 3.63) is 73.3 Å². The van der Waals surface area contributed by atoms with E-state index in [-0.39, 0.29) is 17.4 Å². The van der Waals surface area contributed by atoms with Crippen molar-refractivity contribution in [3.63, 3.8) is 0 Å². The molecule has 0 saturated carbocycles. The predicted octanol–water partition coefficient (Wildman–Crippen LogP) is 3.08. The van der Waals surface area contributed by atoms with Gasteiger partial charge in [-0.3, -0.25) is 9.59 Å². The van der Waals surface area contributed by atoms with Crippen molar-refractivity contribution in [2.75, 3.05) is 0 Å². The summed E-state index contributed by atoms with van der Waals surface area (Å²) in [6.07, 6.45) is 1.65. The maximum Gasteiger partial charge on any atom is 0.272 e. The van der Waals surface area contributed by atoms with Crippen molar-refractivity contribution < 1.29 is 9.18 Å². The Morgan fingerprint density at radius 3 is 2.76 bits per heavy atom. The number of halogens is 2. The van der Waals surface area contributed by atoms with Gasteiger partial charge in [0, 0.05) is 6.07 Å². The molecular weight excluding hydrogens is 411 g/mol. The van der Waals surface area contributed by atoms with Crippen LogP contribution in [0, 0.1) is 5.82 Å². The third-order valence-electron chi connectivity index (χ3n) is 3.33. The van der Waals surface area contributed by atoms with E-state index in [1.54, 1.807) is 19.2 Å². The molecule has 0 spiro atoms. The summed E-state index contributed by atoms with van der Waals surface area (Å²) in [6.45, 7) is 1.79. The molecule has 6 nitrogen and oxygen atoms in total. The van der Waals surface area contributed by atoms with Gasteiger partial charge < -0.3 is 5.32 Å². The van der Waals surface area contributed by atoms with Crippen molar-refractivity contribution in [3.8, 4) is 5.69 Å². The van der Waals surface area contributed by atoms with Gasteiger partial charge >= 0.3 is 0 Å². The van der Waals surface area contributed by atoms with Crippen LogP contribution in [0.15, 0.2) is 51.2 Å². The number of para-hydroxylation sites is 1. The third kappa shape index (κ3) is 3.83. The first-order chi connectivity index (χ1) is 12.0. The van der Waals surface area contributed by atoms with Gasteiger partial charge in [0.2, 0.25) is 0 Å². The second kappa shape index (κ2) is 7.24. The Bertz CT molecular complexity index is 988. The number of nitrogens with one attached hydrogen (secondary N) is 1. The number of aromatic nitrogens is 3. The van der Waals surface area contributed by atoms with Crippen molar-refractivity contribution in [2.24, 2.45) is 0 Å². The maximum atomic E-state index is 13.9. The molecule has 1 aromatic carbocycles. The normalized spacial score (nSPS) is 12.0. The molecule has 0 bridgehead atoms. The van der Waals surface area contributed by atoms with Crippen LogP contribution in [-0.2, 0) is 0 Å². The number of thiazole rings is 1. The smallest absolute Gasteiger partial charge is 0.272 e. The molecule has 3 rings (SSSR count). The van der Waals surface area contributed by atoms with Gasteiger partial charge in [0.25, 0.3) is 11.5 Å². The van der Waals surface area contributed by atoms with E-state index >= 15 is 0 Å². The molecule has 0 fully saturated rings. The van der Waals surface area contributed by atoms with E-state index in [0.29, 0.717) is 0 Å². The van der Waals surface area contributed by atoms with Gasteiger partial charge in [-0.05, 0) is 41.1 Å². The molecule has 1 unspecified atom stereocenters. The summed E-state index contributed by atoms with van der Waals surface area (Å²) in [7, 11) is 0. The van der Waals surface area contributed by atoms with Crippen LogP contribution >= 0.6 is 27.3 Å². The molecular formula is C16H12BrFN4O2S. The molecule has 0 aliphatic heterocycles. The average molecular weight is 423 g/mol. The lowest BCUT2D eigenvalue weighted by Gasteiger charge is -2.12. The summed E-state index contributed by atoms with van der Waals surface area (Å²) in [5.74, 6) is -1.08. The number of benzene rings is 1. The number of amides is 1. The minimum Gasteiger partial charge on any atom is -0.342 e. The number of hydrogen-bond donors (Lipinski definition) is 1. The fourth-order valence-electron chi connectivity index (χ4n) is 2.13. The van der Waals surface area contributed by atoms with Crippen molar-refractivity contribution in [2.45, 2.75) is 13.0 Å². The Hall–Kier alpha value is -2.39. The number of hydrogen-bond acceptors (Lipinski definition) is 5. The lowest BCUT2D eigenvalue weighted by Crippen LogP contribution is -2.30. The first-order valence-electron chi connectivity index (χ1n) is 7.23. The molecule has 9 heteroatoms. The summed E-state index contributed by atoms with van der Waals surface area (Å²) in [6, 6.07) is 7.88. The lowest BCUT2D eigenvalue weighted by atomic mass is 10.3. The zero-order valence-electron chi connectivity index (χ0n) is 12.9. The van der Waals surface area contributed by atoms with Gasteiger partial charge in [-0.1, -0.05) is 12.1 Å². The topological polar surface area (TPSA) is 76.9 Å². The van der Waals surface area contributed by atoms with E-state index in [4.69, 9.17) is 0 Å². The quantitative estimate of drug-likeness (QED) is 0.700. The molecule has 0 aliphatic rings. The SMILES string of the molecule is CC(NC(=O)c1ccc(=O)n(-c2ccccc2F)n1)c1ncc(Br)s1. The standard InChI is InChI=1S/C16H12BrFN4O2S/c1-9(16-19-8-13(17)25-16)20-15(24)11-6-7-14(23)22(21-11)12-5-3-2-4-10(12)18/h2-9H,1H3,(H,20,24). The van der Waals surface area contributed by atoms with Crippen molar-refractivity contribution in [1.82, 2.24) is 20.1 Å². The highest BCUT2D eigenvalue weighted by Crippen LogP contribution is 2.24. The summed E-state index contributed by atoms with van der Waals surface area (Å²) in [5, 5.41) is 7.46. The van der Waals surface area contributed by atoms with Gasteiger partial charge in [0.05, 0.1) is 16.0 Å². The summed E-state index contributed by atoms with van der Waals surface area (Å²) in [4.78, 5) is 28.6. The highest BCUT2D eigenvalue weighted by Gasteiger charge is 2.17. The van der Waals surface area contributed by atoms with Gasteiger partial charge in [0.15, 0.2) is 0 Å². The van der Waals surface area contributed by atoms with Crippen molar-refractivity contribution in [1.29, 1.82) is 0 Å². The summed E-state index contributed by atoms with van der Waals surface area (Å²) in [5.41, 5.74) is -0.539. The molecule has 1 atom stereocenters. The molecule has 0 aliphatic carbocycles. The van der Waals surface area contributed by atoms with Crippen LogP contribution in [0.1, 0.15) is 28.5 Å². The highest BCUT2D eigenvalue weighted by molar-refractivity contribution is 9.11. The molecule has 0 saturated heterocycles. The Morgan fingerprint density at radius 1 is 1.32 bits per heavy atom. The number of rotatable bonds is 4. The molecule has 128 valence electrons. The minimum atomic E-state index is -0.601. The lowest BCUT2D eigenvalue weighted by molar-refractivity contribution is 0.0933. The van der Waals surface area contributed by atoms with Crippen LogP contribution < -0.4 is 10.9 Å². The fraction of sp³-hybridized carbons (Fsp3) is 0.125. The molecule has 3 aromatic rings. The van der Waals surface area contributed by atoms with Crippen LogP contribution in [0.5, 0.6) is 0 Å². The second-order valence-corrected chi connectivity index (χ2v) is 7.56. The van der Waals surface area contributed by atoms with E-state index in [1.807, 2.05) is 0 Å². The maximum absolute atomic E-state index is 13.9. The number of carbonyl (C=O) groups is 1. The van der Waals surface area contributed by atoms with Crippen LogP contribution in [0.2, 0.25) is 0 Å². The van der Waals surface area contributed by atoms with Crippen molar-refractivity contribution >= 4 is 33.2 Å². The zero-order chi connectivity index (χ0) is 18.0. The predicted molar refractivity (Wildman–Crippen MR) is 95.5 cm³/mol. The van der Waals surface area contributed by atoms with Crippen LogP contribution in [0.3, 0.4) is 0 Å². The first kappa shape index (κ1) is 17.4. The molecule has 25 heavy (non-hydrogen) atoms. The fourth-order valence-corrected chi connectivity index (χ4v) is 3.37. The van der Waals surface area contributed by atoms with Crippen LogP contribution in [0.4, 0.5) is 4.39 Å². The molecule has 2 heterocycles. The Labute approximate surface area is 154 Å². The van der Waals surface area contributed by atoms with Gasteiger partial charge in [-0.25, -0.2) is 9.37 Å². The van der Waals surface area contributed by atoms with Gasteiger partial charge in [0.1, 0.15) is 22.2 Å². The molecule has 1 N–H and O–H groups in total. The molecule has 0 radical (unpaired) electrons.